The van der Waals surface area contributed by atoms with Crippen LogP contribution in [0.2, 0.25) is 5.02 Å². The zero-order valence-corrected chi connectivity index (χ0v) is 13.9. The van der Waals surface area contributed by atoms with E-state index in [1.54, 1.807) is 30.3 Å². The molecule has 0 aliphatic rings. The maximum Gasteiger partial charge on any atom is 0.251 e. The minimum Gasteiger partial charge on any atom is -0.350 e. The van der Waals surface area contributed by atoms with Crippen molar-refractivity contribution in [2.75, 3.05) is 13.1 Å². The third kappa shape index (κ3) is 4.57. The molecule has 2 rings (SSSR count). The van der Waals surface area contributed by atoms with Crippen molar-refractivity contribution in [2.24, 2.45) is 0 Å². The lowest BCUT2D eigenvalue weighted by molar-refractivity contribution is 0.0927. The van der Waals surface area contributed by atoms with Crippen molar-refractivity contribution in [3.8, 4) is 0 Å². The van der Waals surface area contributed by atoms with Gasteiger partial charge in [-0.25, -0.2) is 0 Å². The molecule has 23 heavy (non-hydrogen) atoms. The molecule has 0 aliphatic heterocycles. The van der Waals surface area contributed by atoms with E-state index in [2.05, 4.69) is 10.6 Å². The second-order valence-electron chi connectivity index (χ2n) is 5.27. The number of benzene rings is 2. The molecular formula is C18H19ClN2O2. The van der Waals surface area contributed by atoms with Crippen molar-refractivity contribution in [2.45, 2.75) is 13.8 Å². The second kappa shape index (κ2) is 7.79. The number of carbonyl (C=O) groups excluding carboxylic acids is 2. The van der Waals surface area contributed by atoms with Crippen molar-refractivity contribution in [3.63, 3.8) is 0 Å². The molecular weight excluding hydrogens is 312 g/mol. The van der Waals surface area contributed by atoms with Gasteiger partial charge in [0.05, 0.1) is 0 Å². The summed E-state index contributed by atoms with van der Waals surface area (Å²) in [6.07, 6.45) is 0. The quantitative estimate of drug-likeness (QED) is 0.828. The Morgan fingerprint density at radius 2 is 1.52 bits per heavy atom. The van der Waals surface area contributed by atoms with Crippen LogP contribution in [0.5, 0.6) is 0 Å². The standard InChI is InChI=1S/C18H19ClN2O2/c1-12-4-3-5-16(13(12)2)18(23)21-11-10-20-17(22)14-6-8-15(19)9-7-14/h3-9H,10-11H2,1-2H3,(H,20,22)(H,21,23). The summed E-state index contributed by atoms with van der Waals surface area (Å²) >= 11 is 5.78. The van der Waals surface area contributed by atoms with E-state index in [-0.39, 0.29) is 11.8 Å². The molecule has 2 N–H and O–H groups in total. The molecule has 5 heteroatoms. The molecule has 0 radical (unpaired) electrons. The highest BCUT2D eigenvalue weighted by Gasteiger charge is 2.10. The lowest BCUT2D eigenvalue weighted by atomic mass is 10.0. The van der Waals surface area contributed by atoms with Gasteiger partial charge in [-0.05, 0) is 55.3 Å². The molecule has 2 amide bonds. The molecule has 0 saturated heterocycles. The molecule has 2 aromatic carbocycles. The van der Waals surface area contributed by atoms with Gasteiger partial charge < -0.3 is 10.6 Å². The first kappa shape index (κ1) is 17.0. The lowest BCUT2D eigenvalue weighted by Gasteiger charge is -2.10. The van der Waals surface area contributed by atoms with Gasteiger partial charge in [0, 0.05) is 29.2 Å². The topological polar surface area (TPSA) is 58.2 Å². The Hall–Kier alpha value is -2.33. The Morgan fingerprint density at radius 3 is 2.17 bits per heavy atom. The van der Waals surface area contributed by atoms with Crippen molar-refractivity contribution in [1.29, 1.82) is 0 Å². The third-order valence-electron chi connectivity index (χ3n) is 3.65. The van der Waals surface area contributed by atoms with Gasteiger partial charge in [0.25, 0.3) is 11.8 Å². The molecule has 0 saturated carbocycles. The van der Waals surface area contributed by atoms with Crippen LogP contribution in [-0.4, -0.2) is 24.9 Å². The van der Waals surface area contributed by atoms with Crippen LogP contribution in [-0.2, 0) is 0 Å². The summed E-state index contributed by atoms with van der Waals surface area (Å²) < 4.78 is 0. The number of halogens is 1. The van der Waals surface area contributed by atoms with Gasteiger partial charge >= 0.3 is 0 Å². The summed E-state index contributed by atoms with van der Waals surface area (Å²) in [6.45, 7) is 4.62. The largest absolute Gasteiger partial charge is 0.350 e. The van der Waals surface area contributed by atoms with Crippen LogP contribution in [0.3, 0.4) is 0 Å². The number of hydrogen-bond donors (Lipinski definition) is 2. The van der Waals surface area contributed by atoms with Gasteiger partial charge in [0.15, 0.2) is 0 Å². The van der Waals surface area contributed by atoms with Gasteiger partial charge in [0.1, 0.15) is 0 Å². The molecule has 0 aromatic heterocycles. The monoisotopic (exact) mass is 330 g/mol. The Kier molecular flexibility index (Phi) is 5.77. The van der Waals surface area contributed by atoms with Gasteiger partial charge in [-0.1, -0.05) is 23.7 Å². The predicted octanol–water partition coefficient (Wildman–Crippen LogP) is 3.12. The van der Waals surface area contributed by atoms with E-state index in [1.165, 1.54) is 0 Å². The van der Waals surface area contributed by atoms with E-state index in [4.69, 9.17) is 11.6 Å². The number of amides is 2. The van der Waals surface area contributed by atoms with Crippen molar-refractivity contribution >= 4 is 23.4 Å². The third-order valence-corrected chi connectivity index (χ3v) is 3.90. The number of carbonyl (C=O) groups is 2. The SMILES string of the molecule is Cc1cccc(C(=O)NCCNC(=O)c2ccc(Cl)cc2)c1C. The van der Waals surface area contributed by atoms with Crippen LogP contribution in [0, 0.1) is 13.8 Å². The van der Waals surface area contributed by atoms with Gasteiger partial charge in [-0.2, -0.15) is 0 Å². The van der Waals surface area contributed by atoms with Crippen molar-refractivity contribution < 1.29 is 9.59 Å². The highest BCUT2D eigenvalue weighted by Crippen LogP contribution is 2.12. The highest BCUT2D eigenvalue weighted by atomic mass is 35.5. The average Bonchev–Trinajstić information content (AvgIpc) is 2.54. The molecule has 0 aliphatic carbocycles. The van der Waals surface area contributed by atoms with Crippen LogP contribution in [0.15, 0.2) is 42.5 Å². The smallest absolute Gasteiger partial charge is 0.251 e. The molecule has 2 aromatic rings. The van der Waals surface area contributed by atoms with E-state index in [0.29, 0.717) is 29.2 Å². The first-order chi connectivity index (χ1) is 11.0. The number of hydrogen-bond acceptors (Lipinski definition) is 2. The lowest BCUT2D eigenvalue weighted by Crippen LogP contribution is -2.35. The van der Waals surface area contributed by atoms with E-state index >= 15 is 0 Å². The Bertz CT molecular complexity index is 711. The summed E-state index contributed by atoms with van der Waals surface area (Å²) in [5, 5.41) is 6.15. The minimum absolute atomic E-state index is 0.132. The molecule has 0 unspecified atom stereocenters. The van der Waals surface area contributed by atoms with E-state index in [9.17, 15) is 9.59 Å². The van der Waals surface area contributed by atoms with E-state index in [0.717, 1.165) is 11.1 Å². The van der Waals surface area contributed by atoms with Crippen LogP contribution in [0.4, 0.5) is 0 Å². The molecule has 4 nitrogen and oxygen atoms in total. The van der Waals surface area contributed by atoms with Gasteiger partial charge in [-0.3, -0.25) is 9.59 Å². The zero-order valence-electron chi connectivity index (χ0n) is 13.2. The molecule has 0 spiro atoms. The Labute approximate surface area is 140 Å². The van der Waals surface area contributed by atoms with E-state index < -0.39 is 0 Å². The summed E-state index contributed by atoms with van der Waals surface area (Å²) in [4.78, 5) is 24.0. The van der Waals surface area contributed by atoms with Crippen LogP contribution < -0.4 is 10.6 Å². The molecule has 0 bridgehead atoms. The Morgan fingerprint density at radius 1 is 0.913 bits per heavy atom. The van der Waals surface area contributed by atoms with Gasteiger partial charge in [-0.15, -0.1) is 0 Å². The molecule has 0 fully saturated rings. The Balaban J connectivity index is 1.81. The first-order valence-corrected chi connectivity index (χ1v) is 7.75. The summed E-state index contributed by atoms with van der Waals surface area (Å²) in [5.74, 6) is -0.324. The number of nitrogens with one attached hydrogen (secondary N) is 2. The highest BCUT2D eigenvalue weighted by molar-refractivity contribution is 6.30. The summed E-state index contributed by atoms with van der Waals surface area (Å²) in [7, 11) is 0. The second-order valence-corrected chi connectivity index (χ2v) is 5.70. The first-order valence-electron chi connectivity index (χ1n) is 7.37. The molecule has 120 valence electrons. The fourth-order valence-electron chi connectivity index (χ4n) is 2.15. The van der Waals surface area contributed by atoms with Crippen molar-refractivity contribution in [1.82, 2.24) is 10.6 Å². The van der Waals surface area contributed by atoms with Crippen molar-refractivity contribution in [3.05, 3.63) is 69.7 Å². The fraction of sp³-hybridized carbons (Fsp3) is 0.222. The summed E-state index contributed by atoms with van der Waals surface area (Å²) in [6, 6.07) is 12.3. The predicted molar refractivity (Wildman–Crippen MR) is 92.0 cm³/mol. The maximum atomic E-state index is 12.1. The summed E-state index contributed by atoms with van der Waals surface area (Å²) in [5.41, 5.74) is 3.24. The number of rotatable bonds is 5. The zero-order chi connectivity index (χ0) is 16.8. The van der Waals surface area contributed by atoms with E-state index in [1.807, 2.05) is 26.0 Å². The molecule has 0 heterocycles. The number of aryl methyl sites for hydroxylation is 1. The molecule has 0 atom stereocenters. The minimum atomic E-state index is -0.192. The average molecular weight is 331 g/mol. The normalized spacial score (nSPS) is 10.2. The maximum absolute atomic E-state index is 12.1. The fourth-order valence-corrected chi connectivity index (χ4v) is 2.27. The van der Waals surface area contributed by atoms with Crippen LogP contribution in [0.25, 0.3) is 0 Å². The van der Waals surface area contributed by atoms with Gasteiger partial charge in [0.2, 0.25) is 0 Å². The van der Waals surface area contributed by atoms with Crippen LogP contribution >= 0.6 is 11.6 Å². The van der Waals surface area contributed by atoms with Crippen LogP contribution in [0.1, 0.15) is 31.8 Å².